The molecule has 2 aliphatic rings. The third-order valence-corrected chi connectivity index (χ3v) is 8.25. The Balaban J connectivity index is 1.57. The van der Waals surface area contributed by atoms with Gasteiger partial charge in [0.25, 0.3) is 0 Å². The fourth-order valence-corrected chi connectivity index (χ4v) is 6.14. The topological polar surface area (TPSA) is 40.6 Å². The molecular formula is C19H24N2O2S2. The van der Waals surface area contributed by atoms with Crippen LogP contribution in [-0.2, 0) is 22.0 Å². The first-order valence-corrected chi connectivity index (χ1v) is 11.4. The van der Waals surface area contributed by atoms with Crippen molar-refractivity contribution < 1.29 is 8.42 Å². The lowest BCUT2D eigenvalue weighted by molar-refractivity contribution is 0.162. The summed E-state index contributed by atoms with van der Waals surface area (Å²) >= 11 is 1.81. The molecule has 0 N–H and O–H groups in total. The van der Waals surface area contributed by atoms with Crippen LogP contribution in [0.2, 0.25) is 0 Å². The number of thiophene rings is 1. The Morgan fingerprint density at radius 3 is 2.56 bits per heavy atom. The summed E-state index contributed by atoms with van der Waals surface area (Å²) in [7, 11) is -3.22. The standard InChI is InChI=1S/C19H24N2O2S2/c1-2-25(22,23)21-15-19(17-7-3-4-8-18(17)21)9-11-20(12-10-19)14-16-6-5-13-24-16/h3-8,13H,2,9-12,14-15H2,1H3. The van der Waals surface area contributed by atoms with E-state index in [2.05, 4.69) is 28.5 Å². The van der Waals surface area contributed by atoms with Gasteiger partial charge in [0.2, 0.25) is 10.0 Å². The minimum atomic E-state index is -3.22. The molecule has 0 unspecified atom stereocenters. The molecule has 0 aliphatic carbocycles. The van der Waals surface area contributed by atoms with Gasteiger partial charge in [-0.15, -0.1) is 11.3 Å². The number of rotatable bonds is 4. The molecule has 4 nitrogen and oxygen atoms in total. The highest BCUT2D eigenvalue weighted by molar-refractivity contribution is 7.92. The second-order valence-electron chi connectivity index (χ2n) is 7.06. The minimum absolute atomic E-state index is 0.0230. The fraction of sp³-hybridized carbons (Fsp3) is 0.474. The number of hydrogen-bond acceptors (Lipinski definition) is 4. The van der Waals surface area contributed by atoms with Gasteiger partial charge < -0.3 is 0 Å². The molecule has 6 heteroatoms. The summed E-state index contributed by atoms with van der Waals surface area (Å²) in [4.78, 5) is 3.90. The van der Waals surface area contributed by atoms with Gasteiger partial charge in [-0.3, -0.25) is 9.21 Å². The van der Waals surface area contributed by atoms with E-state index >= 15 is 0 Å². The quantitative estimate of drug-likeness (QED) is 0.821. The Bertz CT molecular complexity index is 838. The molecular weight excluding hydrogens is 352 g/mol. The Labute approximate surface area is 154 Å². The van der Waals surface area contributed by atoms with E-state index in [9.17, 15) is 8.42 Å². The van der Waals surface area contributed by atoms with Gasteiger partial charge in [-0.1, -0.05) is 24.3 Å². The van der Waals surface area contributed by atoms with Crippen molar-refractivity contribution in [3.8, 4) is 0 Å². The number of likely N-dealkylation sites (tertiary alicyclic amines) is 1. The molecule has 2 aliphatic heterocycles. The summed E-state index contributed by atoms with van der Waals surface area (Å²) in [6.07, 6.45) is 2.04. The summed E-state index contributed by atoms with van der Waals surface area (Å²) in [6, 6.07) is 12.4. The van der Waals surface area contributed by atoms with Crippen LogP contribution in [0, 0.1) is 0 Å². The molecule has 1 aromatic heterocycles. The number of benzene rings is 1. The highest BCUT2D eigenvalue weighted by Crippen LogP contribution is 2.48. The van der Waals surface area contributed by atoms with Crippen molar-refractivity contribution in [2.24, 2.45) is 0 Å². The van der Waals surface area contributed by atoms with E-state index in [0.29, 0.717) is 6.54 Å². The summed E-state index contributed by atoms with van der Waals surface area (Å²) in [5.41, 5.74) is 2.10. The van der Waals surface area contributed by atoms with Crippen molar-refractivity contribution in [1.29, 1.82) is 0 Å². The molecule has 2 aromatic rings. The maximum Gasteiger partial charge on any atom is 0.234 e. The first-order chi connectivity index (χ1) is 12.0. The van der Waals surface area contributed by atoms with Crippen LogP contribution in [0.5, 0.6) is 0 Å². The van der Waals surface area contributed by atoms with Crippen LogP contribution in [0.25, 0.3) is 0 Å². The number of piperidine rings is 1. The number of anilines is 1. The van der Waals surface area contributed by atoms with Crippen LogP contribution in [0.3, 0.4) is 0 Å². The van der Waals surface area contributed by atoms with Gasteiger partial charge in [-0.2, -0.15) is 0 Å². The molecule has 0 saturated carbocycles. The van der Waals surface area contributed by atoms with E-state index in [4.69, 9.17) is 0 Å². The van der Waals surface area contributed by atoms with Gasteiger partial charge in [0.15, 0.2) is 0 Å². The first-order valence-electron chi connectivity index (χ1n) is 8.89. The maximum absolute atomic E-state index is 12.6. The number of sulfonamides is 1. The summed E-state index contributed by atoms with van der Waals surface area (Å²) in [6.45, 7) is 5.38. The number of hydrogen-bond donors (Lipinski definition) is 0. The zero-order valence-corrected chi connectivity index (χ0v) is 16.2. The Kier molecular flexibility index (Phi) is 4.38. The zero-order chi connectivity index (χ0) is 17.5. The van der Waals surface area contributed by atoms with E-state index in [-0.39, 0.29) is 11.2 Å². The molecule has 1 spiro atoms. The van der Waals surface area contributed by atoms with E-state index in [0.717, 1.165) is 38.2 Å². The van der Waals surface area contributed by atoms with Gasteiger partial charge in [0.1, 0.15) is 0 Å². The Morgan fingerprint density at radius 1 is 1.12 bits per heavy atom. The molecule has 134 valence electrons. The molecule has 1 saturated heterocycles. The summed E-state index contributed by atoms with van der Waals surface area (Å²) in [5, 5.41) is 2.13. The monoisotopic (exact) mass is 376 g/mol. The number of fused-ring (bicyclic) bond motifs is 2. The van der Waals surface area contributed by atoms with E-state index < -0.39 is 10.0 Å². The Hall–Kier alpha value is -1.37. The molecule has 0 atom stereocenters. The van der Waals surface area contributed by atoms with E-state index in [1.807, 2.05) is 18.2 Å². The number of nitrogens with zero attached hydrogens (tertiary/aromatic N) is 2. The average Bonchev–Trinajstić information content (AvgIpc) is 3.25. The molecule has 1 fully saturated rings. The van der Waals surface area contributed by atoms with Crippen LogP contribution < -0.4 is 4.31 Å². The summed E-state index contributed by atoms with van der Waals surface area (Å²) < 4.78 is 26.8. The molecule has 4 rings (SSSR count). The molecule has 0 radical (unpaired) electrons. The lowest BCUT2D eigenvalue weighted by atomic mass is 9.74. The van der Waals surface area contributed by atoms with Crippen molar-refractivity contribution in [3.05, 3.63) is 52.2 Å². The average molecular weight is 377 g/mol. The molecule has 1 aromatic carbocycles. The third kappa shape index (κ3) is 3.00. The molecule has 0 amide bonds. The maximum atomic E-state index is 12.6. The lowest BCUT2D eigenvalue weighted by Crippen LogP contribution is -2.45. The van der Waals surface area contributed by atoms with Gasteiger partial charge in [0.05, 0.1) is 11.4 Å². The fourth-order valence-electron chi connectivity index (χ4n) is 4.18. The normalized spacial score (nSPS) is 20.1. The van der Waals surface area contributed by atoms with Crippen molar-refractivity contribution in [3.63, 3.8) is 0 Å². The summed E-state index contributed by atoms with van der Waals surface area (Å²) in [5.74, 6) is 0.155. The van der Waals surface area contributed by atoms with Gasteiger partial charge >= 0.3 is 0 Å². The SMILES string of the molecule is CCS(=O)(=O)N1CC2(CCN(Cc3cccs3)CC2)c2ccccc21. The molecule has 0 bridgehead atoms. The van der Waals surface area contributed by atoms with Crippen molar-refractivity contribution >= 4 is 27.0 Å². The zero-order valence-electron chi connectivity index (χ0n) is 14.5. The third-order valence-electron chi connectivity index (χ3n) is 5.66. The molecule has 3 heterocycles. The smallest absolute Gasteiger partial charge is 0.234 e. The van der Waals surface area contributed by atoms with Crippen LogP contribution >= 0.6 is 11.3 Å². The second kappa shape index (κ2) is 6.41. The van der Waals surface area contributed by atoms with Gasteiger partial charge in [-0.05, 0) is 55.9 Å². The largest absolute Gasteiger partial charge is 0.298 e. The van der Waals surface area contributed by atoms with Crippen LogP contribution in [0.1, 0.15) is 30.2 Å². The Morgan fingerprint density at radius 2 is 1.88 bits per heavy atom. The number of para-hydroxylation sites is 1. The van der Waals surface area contributed by atoms with Crippen molar-refractivity contribution in [2.45, 2.75) is 31.7 Å². The van der Waals surface area contributed by atoms with Crippen LogP contribution in [0.4, 0.5) is 5.69 Å². The lowest BCUT2D eigenvalue weighted by Gasteiger charge is -2.39. The van der Waals surface area contributed by atoms with Crippen molar-refractivity contribution in [1.82, 2.24) is 4.90 Å². The van der Waals surface area contributed by atoms with Gasteiger partial charge in [0, 0.05) is 23.4 Å². The van der Waals surface area contributed by atoms with E-state index in [1.165, 1.54) is 10.4 Å². The predicted molar refractivity (Wildman–Crippen MR) is 104 cm³/mol. The van der Waals surface area contributed by atoms with Gasteiger partial charge in [-0.25, -0.2) is 8.42 Å². The van der Waals surface area contributed by atoms with Crippen LogP contribution in [-0.4, -0.2) is 38.7 Å². The minimum Gasteiger partial charge on any atom is -0.298 e. The molecule has 25 heavy (non-hydrogen) atoms. The first kappa shape index (κ1) is 17.1. The second-order valence-corrected chi connectivity index (χ2v) is 10.3. The van der Waals surface area contributed by atoms with E-state index in [1.54, 1.807) is 22.6 Å². The highest BCUT2D eigenvalue weighted by atomic mass is 32.2. The predicted octanol–water partition coefficient (Wildman–Crippen LogP) is 3.45. The highest BCUT2D eigenvalue weighted by Gasteiger charge is 2.47. The van der Waals surface area contributed by atoms with Crippen molar-refractivity contribution in [2.75, 3.05) is 29.7 Å². The van der Waals surface area contributed by atoms with Crippen LogP contribution in [0.15, 0.2) is 41.8 Å².